The number of rotatable bonds is 7. The van der Waals surface area contributed by atoms with Crippen LogP contribution >= 0.6 is 11.3 Å². The van der Waals surface area contributed by atoms with E-state index in [-0.39, 0.29) is 5.91 Å². The van der Waals surface area contributed by atoms with Crippen molar-refractivity contribution in [2.75, 3.05) is 67.9 Å². The lowest BCUT2D eigenvalue weighted by Crippen LogP contribution is -2.52. The number of carbonyl (C=O) groups is 1. The number of nitrogens with zero attached hydrogens (tertiary/aromatic N) is 8. The number of aliphatic hydroxyl groups excluding tert-OH is 1. The van der Waals surface area contributed by atoms with E-state index >= 15 is 0 Å². The average molecular weight is 662 g/mol. The van der Waals surface area contributed by atoms with Gasteiger partial charge in [-0.1, -0.05) is 11.7 Å². The number of anilines is 3. The first kappa shape index (κ1) is 32.9. The van der Waals surface area contributed by atoms with Crippen molar-refractivity contribution in [2.24, 2.45) is 0 Å². The second-order valence-corrected chi connectivity index (χ2v) is 14.7. The number of hydrogen-bond acceptors (Lipinski definition) is 13. The topological polar surface area (TPSA) is 161 Å². The molecule has 0 aromatic carbocycles. The zero-order chi connectivity index (χ0) is 33.5. The Labute approximate surface area is 279 Å². The molecule has 47 heavy (non-hydrogen) atoms. The van der Waals surface area contributed by atoms with E-state index in [0.29, 0.717) is 80.3 Å². The lowest BCUT2D eigenvalue weighted by Gasteiger charge is -2.40. The highest BCUT2D eigenvalue weighted by Gasteiger charge is 2.43. The van der Waals surface area contributed by atoms with Crippen LogP contribution in [0.5, 0.6) is 0 Å². The van der Waals surface area contributed by atoms with Crippen LogP contribution < -0.4 is 15.5 Å². The van der Waals surface area contributed by atoms with Crippen LogP contribution in [0, 0.1) is 11.3 Å². The van der Waals surface area contributed by atoms with Crippen LogP contribution in [0.25, 0.3) is 11.5 Å². The minimum absolute atomic E-state index is 0.0677. The zero-order valence-electron chi connectivity index (χ0n) is 27.5. The highest BCUT2D eigenvalue weighted by atomic mass is 32.1. The number of aromatic nitrogens is 3. The number of nitrogens with two attached hydrogens (primary N) is 1. The summed E-state index contributed by atoms with van der Waals surface area (Å²) in [6, 6.07) is 6.34. The van der Waals surface area contributed by atoms with Crippen molar-refractivity contribution < 1.29 is 19.2 Å². The van der Waals surface area contributed by atoms with Crippen molar-refractivity contribution in [3.8, 4) is 17.6 Å². The number of carbonyl (C=O) groups excluding carboxylic acids is 1. The predicted molar refractivity (Wildman–Crippen MR) is 180 cm³/mol. The summed E-state index contributed by atoms with van der Waals surface area (Å²) in [5.74, 6) is 1.51. The van der Waals surface area contributed by atoms with E-state index in [0.717, 1.165) is 41.2 Å². The van der Waals surface area contributed by atoms with Crippen molar-refractivity contribution in [3.63, 3.8) is 0 Å². The molecule has 13 nitrogen and oxygen atoms in total. The number of piperazine rings is 2. The third-order valence-electron chi connectivity index (χ3n) is 9.22. The molecule has 3 aliphatic rings. The van der Waals surface area contributed by atoms with Crippen LogP contribution in [0.1, 0.15) is 62.4 Å². The maximum absolute atomic E-state index is 12.2. The number of aliphatic hydroxyl groups is 1. The Bertz CT molecular complexity index is 1680. The van der Waals surface area contributed by atoms with Crippen molar-refractivity contribution in [1.29, 1.82) is 5.26 Å². The molecule has 2 unspecified atom stereocenters. The van der Waals surface area contributed by atoms with Gasteiger partial charge < -0.3 is 34.8 Å². The molecule has 6 rings (SSSR count). The third-order valence-corrected chi connectivity index (χ3v) is 10.3. The fourth-order valence-corrected chi connectivity index (χ4v) is 7.89. The first-order valence-corrected chi connectivity index (χ1v) is 16.9. The molecule has 0 saturated carbocycles. The Morgan fingerprint density at radius 3 is 2.53 bits per heavy atom. The molecule has 1 amide bonds. The maximum Gasteiger partial charge on any atom is 0.246 e. The SMILES string of the molecule is C=CC(=O)N1CCN(c2cc(-c3noc(C4(C)CCCc5sc(N)c(C#N)c54)n3)nc(N3CCN(C(O)OC(C)(C)C)CC3)c2)CC1. The molecule has 0 bridgehead atoms. The standard InChI is InChI=1S/C33H43N9O4S/c1-6-26(43)41-14-10-39(11-15-41)21-18-23(36-25(19-21)40-12-16-42(17-13-40)31(44)45-32(2,3)4)29-37-30(46-38-29)33(5)9-7-8-24-27(33)22(20-34)28(35)47-24/h6,18-19,31,44H,1,7-17,35H2,2-5H3. The van der Waals surface area contributed by atoms with Crippen LogP contribution in [0.15, 0.2) is 29.3 Å². The molecule has 250 valence electrons. The van der Waals surface area contributed by atoms with Gasteiger partial charge in [-0.25, -0.2) is 4.98 Å². The first-order valence-electron chi connectivity index (χ1n) is 16.1. The lowest BCUT2D eigenvalue weighted by atomic mass is 9.72. The Morgan fingerprint density at radius 1 is 1.17 bits per heavy atom. The van der Waals surface area contributed by atoms with Gasteiger partial charge in [-0.2, -0.15) is 10.2 Å². The summed E-state index contributed by atoms with van der Waals surface area (Å²) in [6.07, 6.45) is 2.92. The highest BCUT2D eigenvalue weighted by Crippen LogP contribution is 2.48. The molecule has 0 radical (unpaired) electrons. The van der Waals surface area contributed by atoms with Crippen LogP contribution in [-0.4, -0.2) is 100 Å². The van der Waals surface area contributed by atoms with Crippen LogP contribution in [0.3, 0.4) is 0 Å². The fraction of sp³-hybridized carbons (Fsp3) is 0.545. The summed E-state index contributed by atoms with van der Waals surface area (Å²) in [5, 5.41) is 25.5. The molecule has 3 aromatic rings. The number of aryl methyl sites for hydroxylation is 1. The van der Waals surface area contributed by atoms with Gasteiger partial charge in [0.1, 0.15) is 22.6 Å². The van der Waals surface area contributed by atoms with Crippen LogP contribution in [0.4, 0.5) is 16.5 Å². The minimum atomic E-state index is -0.985. The van der Waals surface area contributed by atoms with Gasteiger partial charge in [0, 0.05) is 74.6 Å². The molecular formula is C33H43N9O4S. The van der Waals surface area contributed by atoms with Gasteiger partial charge in [0.2, 0.25) is 24.0 Å². The Morgan fingerprint density at radius 2 is 1.87 bits per heavy atom. The highest BCUT2D eigenvalue weighted by molar-refractivity contribution is 7.16. The van der Waals surface area contributed by atoms with E-state index in [1.807, 2.05) is 38.7 Å². The van der Waals surface area contributed by atoms with Gasteiger partial charge in [-0.15, -0.1) is 11.3 Å². The molecule has 2 aliphatic heterocycles. The Balaban J connectivity index is 1.31. The number of pyridine rings is 1. The summed E-state index contributed by atoms with van der Waals surface area (Å²) in [7, 11) is 0. The molecule has 2 saturated heterocycles. The summed E-state index contributed by atoms with van der Waals surface area (Å²) < 4.78 is 11.7. The van der Waals surface area contributed by atoms with E-state index in [9.17, 15) is 15.2 Å². The molecule has 0 spiro atoms. The van der Waals surface area contributed by atoms with Gasteiger partial charge in [0.15, 0.2) is 0 Å². The normalized spacial score (nSPS) is 21.3. The van der Waals surface area contributed by atoms with Crippen LogP contribution in [0.2, 0.25) is 0 Å². The molecule has 1 aliphatic carbocycles. The average Bonchev–Trinajstić information content (AvgIpc) is 3.69. The second kappa shape index (κ2) is 12.9. The first-order chi connectivity index (χ1) is 22.4. The van der Waals surface area contributed by atoms with E-state index < -0.39 is 17.4 Å². The second-order valence-electron chi connectivity index (χ2n) is 13.5. The van der Waals surface area contributed by atoms with Crippen LogP contribution in [-0.2, 0) is 21.4 Å². The molecule has 5 heterocycles. The lowest BCUT2D eigenvalue weighted by molar-refractivity contribution is -0.239. The van der Waals surface area contributed by atoms with Crippen molar-refractivity contribution in [3.05, 3.63) is 46.7 Å². The number of ether oxygens (including phenoxy) is 1. The quantitative estimate of drug-likeness (QED) is 0.281. The monoisotopic (exact) mass is 661 g/mol. The number of nitrogen functional groups attached to an aromatic ring is 1. The van der Waals surface area contributed by atoms with Gasteiger partial charge >= 0.3 is 0 Å². The number of fused-ring (bicyclic) bond motifs is 1. The number of hydrogen-bond donors (Lipinski definition) is 2. The molecule has 2 fully saturated rings. The summed E-state index contributed by atoms with van der Waals surface area (Å²) in [5.41, 5.74) is 8.06. The third kappa shape index (κ3) is 6.58. The van der Waals surface area contributed by atoms with Crippen molar-refractivity contribution >= 4 is 33.8 Å². The van der Waals surface area contributed by atoms with Crippen molar-refractivity contribution in [2.45, 2.75) is 64.4 Å². The van der Waals surface area contributed by atoms with Gasteiger partial charge in [-0.05, 0) is 59.1 Å². The largest absolute Gasteiger partial charge is 0.389 e. The van der Waals surface area contributed by atoms with E-state index in [1.54, 1.807) is 4.90 Å². The van der Waals surface area contributed by atoms with E-state index in [1.165, 1.54) is 17.4 Å². The van der Waals surface area contributed by atoms with Gasteiger partial charge in [0.25, 0.3) is 0 Å². The predicted octanol–water partition coefficient (Wildman–Crippen LogP) is 3.34. The van der Waals surface area contributed by atoms with E-state index in [2.05, 4.69) is 33.7 Å². The molecule has 3 aromatic heterocycles. The molecular weight excluding hydrogens is 618 g/mol. The van der Waals surface area contributed by atoms with Gasteiger partial charge in [-0.3, -0.25) is 9.69 Å². The Hall–Kier alpha value is -4.03. The fourth-order valence-electron chi connectivity index (χ4n) is 6.70. The molecule has 2 atom stereocenters. The number of thiophene rings is 1. The summed E-state index contributed by atoms with van der Waals surface area (Å²) in [4.78, 5) is 31.4. The maximum atomic E-state index is 12.2. The van der Waals surface area contributed by atoms with Gasteiger partial charge in [0.05, 0.1) is 16.6 Å². The number of amides is 1. The zero-order valence-corrected chi connectivity index (χ0v) is 28.3. The molecule has 3 N–H and O–H groups in total. The van der Waals surface area contributed by atoms with Crippen molar-refractivity contribution in [1.82, 2.24) is 24.9 Å². The Kier molecular flexibility index (Phi) is 9.01. The minimum Gasteiger partial charge on any atom is -0.389 e. The summed E-state index contributed by atoms with van der Waals surface area (Å²) >= 11 is 1.47. The summed E-state index contributed by atoms with van der Waals surface area (Å²) in [6.45, 7) is 16.4. The number of nitriles is 1. The molecule has 14 heteroatoms. The van der Waals surface area contributed by atoms with E-state index in [4.69, 9.17) is 25.0 Å². The smallest absolute Gasteiger partial charge is 0.246 e.